The molecule has 0 saturated heterocycles. The van der Waals surface area contributed by atoms with Gasteiger partial charge in [0.25, 0.3) is 0 Å². The van der Waals surface area contributed by atoms with Gasteiger partial charge in [0.2, 0.25) is 0 Å². The van der Waals surface area contributed by atoms with E-state index in [2.05, 4.69) is 221 Å². The molecule has 8 aromatic carbocycles. The van der Waals surface area contributed by atoms with Crippen LogP contribution in [0.15, 0.2) is 174 Å². The summed E-state index contributed by atoms with van der Waals surface area (Å²) in [5.41, 5.74) is 11.1. The monoisotopic (exact) mass is 714 g/mol. The first kappa shape index (κ1) is 34.4. The minimum atomic E-state index is 0.0765. The molecule has 0 fully saturated rings. The van der Waals surface area contributed by atoms with Crippen LogP contribution in [0.3, 0.4) is 0 Å². The molecule has 0 N–H and O–H groups in total. The van der Waals surface area contributed by atoms with Crippen LogP contribution in [-0.4, -0.2) is 0 Å². The molecule has 3 heteroatoms. The summed E-state index contributed by atoms with van der Waals surface area (Å²) in [6.45, 7) is 13.5. The topological polar surface area (TPSA) is 19.6 Å². The Balaban J connectivity index is 1.22. The predicted molar refractivity (Wildman–Crippen MR) is 235 cm³/mol. The maximum atomic E-state index is 6.97. The lowest BCUT2D eigenvalue weighted by molar-refractivity contribution is 0.590. The largest absolute Gasteiger partial charge is 0.455 e. The fourth-order valence-electron chi connectivity index (χ4n) is 7.98. The summed E-state index contributed by atoms with van der Waals surface area (Å²) >= 11 is 0. The lowest BCUT2D eigenvalue weighted by Crippen LogP contribution is -2.13. The van der Waals surface area contributed by atoms with E-state index in [1.54, 1.807) is 0 Å². The van der Waals surface area contributed by atoms with Crippen molar-refractivity contribution in [1.82, 2.24) is 0 Å². The van der Waals surface area contributed by atoms with Gasteiger partial charge in [-0.3, -0.25) is 0 Å². The first-order chi connectivity index (χ1) is 26.5. The molecule has 55 heavy (non-hydrogen) atoms. The van der Waals surface area contributed by atoms with Gasteiger partial charge in [0, 0.05) is 56.3 Å². The summed E-state index contributed by atoms with van der Waals surface area (Å²) in [7, 11) is 0. The normalized spacial score (nSPS) is 12.2. The van der Waals surface area contributed by atoms with Crippen LogP contribution in [0.2, 0.25) is 0 Å². The molecule has 0 spiro atoms. The van der Waals surface area contributed by atoms with Gasteiger partial charge in [0.1, 0.15) is 11.2 Å². The number of fused-ring (bicyclic) bond motifs is 8. The Kier molecular flexibility index (Phi) is 8.27. The van der Waals surface area contributed by atoms with Crippen molar-refractivity contribution in [2.24, 2.45) is 0 Å². The van der Waals surface area contributed by atoms with E-state index in [1.807, 2.05) is 0 Å². The van der Waals surface area contributed by atoms with E-state index in [0.717, 1.165) is 66.8 Å². The summed E-state index contributed by atoms with van der Waals surface area (Å²) in [5.74, 6) is 0. The third-order valence-electron chi connectivity index (χ3n) is 10.9. The van der Waals surface area contributed by atoms with Crippen molar-refractivity contribution in [3.05, 3.63) is 181 Å². The number of furan rings is 1. The van der Waals surface area contributed by atoms with Crippen molar-refractivity contribution in [3.8, 4) is 0 Å². The first-order valence-corrected chi connectivity index (χ1v) is 19.3. The van der Waals surface area contributed by atoms with Crippen molar-refractivity contribution in [3.63, 3.8) is 0 Å². The molecular weight excluding hydrogens is 669 g/mol. The second-order valence-corrected chi connectivity index (χ2v) is 16.7. The van der Waals surface area contributed by atoms with Gasteiger partial charge in [-0.2, -0.15) is 0 Å². The standard InChI is InChI=1S/C52H46N2O/c1-51(2,3)35-21-25-39(26-22-35)53(37-15-9-7-10-16-37)41-29-31-45-47(33-41)43-19-13-14-20-44(43)49-46-32-30-42(34-48(46)55-50(45)49)54(38-17-11-8-12-18-38)40-27-23-36(24-28-40)52(4,5)6/h7-34H,1-6H3. The summed E-state index contributed by atoms with van der Waals surface area (Å²) < 4.78 is 6.97. The molecule has 0 unspecified atom stereocenters. The van der Waals surface area contributed by atoms with E-state index in [1.165, 1.54) is 21.9 Å². The quantitative estimate of drug-likeness (QED) is 0.160. The van der Waals surface area contributed by atoms with E-state index < -0.39 is 0 Å². The summed E-state index contributed by atoms with van der Waals surface area (Å²) in [6, 6.07) is 61.4. The Morgan fingerprint density at radius 3 is 1.27 bits per heavy atom. The fourth-order valence-corrected chi connectivity index (χ4v) is 7.98. The number of rotatable bonds is 6. The van der Waals surface area contributed by atoms with E-state index in [4.69, 9.17) is 4.42 Å². The molecule has 1 heterocycles. The molecule has 270 valence electrons. The van der Waals surface area contributed by atoms with E-state index in [0.29, 0.717) is 0 Å². The number of anilines is 6. The number of hydrogen-bond donors (Lipinski definition) is 0. The SMILES string of the molecule is CC(C)(C)c1ccc(N(c2ccccc2)c2ccc3c(c2)oc2c4ccc(N(c5ccccc5)c5ccc(C(C)(C)C)cc5)cc4c4ccccc4c32)cc1. The van der Waals surface area contributed by atoms with Gasteiger partial charge in [-0.15, -0.1) is 0 Å². The van der Waals surface area contributed by atoms with E-state index in [-0.39, 0.29) is 10.8 Å². The third-order valence-corrected chi connectivity index (χ3v) is 10.9. The van der Waals surface area contributed by atoms with Crippen LogP contribution in [0, 0.1) is 0 Å². The molecule has 9 aromatic rings. The van der Waals surface area contributed by atoms with Crippen LogP contribution in [0.5, 0.6) is 0 Å². The molecule has 0 saturated carbocycles. The molecule has 0 radical (unpaired) electrons. The molecule has 0 aliphatic carbocycles. The van der Waals surface area contributed by atoms with E-state index in [9.17, 15) is 0 Å². The first-order valence-electron chi connectivity index (χ1n) is 19.3. The zero-order chi connectivity index (χ0) is 37.9. The van der Waals surface area contributed by atoms with Crippen LogP contribution < -0.4 is 9.80 Å². The van der Waals surface area contributed by atoms with Crippen LogP contribution in [0.25, 0.3) is 43.5 Å². The number of benzene rings is 8. The van der Waals surface area contributed by atoms with Crippen molar-refractivity contribution in [2.75, 3.05) is 9.80 Å². The highest BCUT2D eigenvalue weighted by Gasteiger charge is 2.22. The molecule has 3 nitrogen and oxygen atoms in total. The second-order valence-electron chi connectivity index (χ2n) is 16.7. The highest BCUT2D eigenvalue weighted by molar-refractivity contribution is 6.30. The zero-order valence-corrected chi connectivity index (χ0v) is 32.5. The number of para-hydroxylation sites is 2. The van der Waals surface area contributed by atoms with Gasteiger partial charge in [0.05, 0.1) is 0 Å². The van der Waals surface area contributed by atoms with Crippen molar-refractivity contribution in [2.45, 2.75) is 52.4 Å². The molecule has 0 atom stereocenters. The van der Waals surface area contributed by atoms with E-state index >= 15 is 0 Å². The van der Waals surface area contributed by atoms with Crippen LogP contribution in [0.1, 0.15) is 52.7 Å². The predicted octanol–water partition coefficient (Wildman–Crippen LogP) is 15.4. The smallest absolute Gasteiger partial charge is 0.143 e. The summed E-state index contributed by atoms with van der Waals surface area (Å²) in [4.78, 5) is 4.66. The van der Waals surface area contributed by atoms with Gasteiger partial charge >= 0.3 is 0 Å². The summed E-state index contributed by atoms with van der Waals surface area (Å²) in [6.07, 6.45) is 0. The minimum Gasteiger partial charge on any atom is -0.455 e. The Bertz CT molecular complexity index is 2800. The van der Waals surface area contributed by atoms with Crippen LogP contribution in [-0.2, 0) is 10.8 Å². The van der Waals surface area contributed by atoms with Crippen LogP contribution in [0.4, 0.5) is 34.1 Å². The molecule has 0 aliphatic rings. The van der Waals surface area contributed by atoms with Gasteiger partial charge in [0.15, 0.2) is 0 Å². The summed E-state index contributed by atoms with van der Waals surface area (Å²) in [5, 5.41) is 6.92. The third kappa shape index (κ3) is 6.20. The second kappa shape index (κ2) is 13.2. The van der Waals surface area contributed by atoms with Crippen molar-refractivity contribution >= 4 is 77.6 Å². The molecular formula is C52H46N2O. The lowest BCUT2D eigenvalue weighted by Gasteiger charge is -2.27. The molecule has 0 amide bonds. The molecule has 0 bridgehead atoms. The fraction of sp³-hybridized carbons (Fsp3) is 0.154. The number of nitrogens with zero attached hydrogens (tertiary/aromatic N) is 2. The van der Waals surface area contributed by atoms with Gasteiger partial charge in [-0.05, 0) is 117 Å². The minimum absolute atomic E-state index is 0.0765. The Hall–Kier alpha value is -6.32. The van der Waals surface area contributed by atoms with Crippen molar-refractivity contribution < 1.29 is 4.42 Å². The zero-order valence-electron chi connectivity index (χ0n) is 32.5. The molecule has 1 aromatic heterocycles. The van der Waals surface area contributed by atoms with Gasteiger partial charge in [-0.1, -0.05) is 126 Å². The van der Waals surface area contributed by atoms with Crippen LogP contribution >= 0.6 is 0 Å². The number of hydrogen-bond acceptors (Lipinski definition) is 3. The average Bonchev–Trinajstić information content (AvgIpc) is 3.58. The Labute approximate surface area is 324 Å². The maximum Gasteiger partial charge on any atom is 0.143 e. The van der Waals surface area contributed by atoms with Gasteiger partial charge < -0.3 is 14.2 Å². The highest BCUT2D eigenvalue weighted by Crippen LogP contribution is 2.46. The van der Waals surface area contributed by atoms with Gasteiger partial charge in [-0.25, -0.2) is 0 Å². The highest BCUT2D eigenvalue weighted by atomic mass is 16.3. The van der Waals surface area contributed by atoms with Crippen molar-refractivity contribution in [1.29, 1.82) is 0 Å². The maximum absolute atomic E-state index is 6.97. The molecule has 9 rings (SSSR count). The Morgan fingerprint density at radius 2 is 0.764 bits per heavy atom. The molecule has 0 aliphatic heterocycles. The average molecular weight is 715 g/mol. The lowest BCUT2D eigenvalue weighted by atomic mass is 9.87. The Morgan fingerprint density at radius 1 is 0.345 bits per heavy atom.